The highest BCUT2D eigenvalue weighted by atomic mass is 32.1. The van der Waals surface area contributed by atoms with Gasteiger partial charge in [0.1, 0.15) is 12.8 Å². The van der Waals surface area contributed by atoms with E-state index in [9.17, 15) is 19.2 Å². The van der Waals surface area contributed by atoms with Crippen LogP contribution in [-0.2, 0) is 19.2 Å². The molecule has 2 heterocycles. The van der Waals surface area contributed by atoms with E-state index in [0.29, 0.717) is 6.54 Å². The molecule has 1 aromatic rings. The number of likely N-dealkylation sites (N-methyl/N-ethyl adjacent to an activating group) is 1. The molecule has 0 unspecified atom stereocenters. The number of nitrogens with zero attached hydrogens (tertiary/aromatic N) is 4. The van der Waals surface area contributed by atoms with Crippen LogP contribution < -0.4 is 5.32 Å². The molecule has 2 N–H and O–H groups in total. The number of nitrogens with one attached hydrogen (secondary N) is 1. The fourth-order valence-electron chi connectivity index (χ4n) is 2.06. The monoisotopic (exact) mass is 369 g/mol. The first kappa shape index (κ1) is 18.3. The minimum Gasteiger partial charge on any atom is -0.476 e. The Balaban J connectivity index is 2.09. The number of urea groups is 1. The van der Waals surface area contributed by atoms with Gasteiger partial charge < -0.3 is 14.8 Å². The van der Waals surface area contributed by atoms with Gasteiger partial charge in [-0.3, -0.25) is 19.8 Å². The molecule has 1 aliphatic heterocycles. The number of oxime groups is 1. The van der Waals surface area contributed by atoms with E-state index >= 15 is 0 Å². The maximum atomic E-state index is 12.2. The van der Waals surface area contributed by atoms with Crippen LogP contribution in [0.4, 0.5) is 9.93 Å². The van der Waals surface area contributed by atoms with Crippen LogP contribution in [-0.4, -0.2) is 76.2 Å². The van der Waals surface area contributed by atoms with E-state index in [1.807, 2.05) is 0 Å². The Bertz CT molecular complexity index is 745. The zero-order valence-corrected chi connectivity index (χ0v) is 14.2. The number of aromatic nitrogens is 1. The molecule has 25 heavy (non-hydrogen) atoms. The summed E-state index contributed by atoms with van der Waals surface area (Å²) in [5.74, 6) is -3.01. The van der Waals surface area contributed by atoms with Gasteiger partial charge in [0.2, 0.25) is 5.71 Å². The van der Waals surface area contributed by atoms with E-state index < -0.39 is 29.5 Å². The number of imide groups is 1. The number of rotatable bonds is 5. The van der Waals surface area contributed by atoms with Gasteiger partial charge in [-0.2, -0.15) is 0 Å². The average molecular weight is 369 g/mol. The van der Waals surface area contributed by atoms with Crippen molar-refractivity contribution in [3.8, 4) is 0 Å². The first-order valence-corrected chi connectivity index (χ1v) is 7.99. The summed E-state index contributed by atoms with van der Waals surface area (Å²) >= 11 is 0.944. The summed E-state index contributed by atoms with van der Waals surface area (Å²) in [5.41, 5.74) is -0.435. The Kier molecular flexibility index (Phi) is 5.64. The number of anilines is 1. The lowest BCUT2D eigenvalue weighted by molar-refractivity contribution is -0.153. The van der Waals surface area contributed by atoms with Crippen LogP contribution in [0, 0.1) is 0 Å². The van der Waals surface area contributed by atoms with E-state index in [-0.39, 0.29) is 23.9 Å². The zero-order chi connectivity index (χ0) is 18.6. The molecule has 1 saturated heterocycles. The Morgan fingerprint density at radius 1 is 1.40 bits per heavy atom. The summed E-state index contributed by atoms with van der Waals surface area (Å²) in [4.78, 5) is 57.5. The summed E-state index contributed by atoms with van der Waals surface area (Å²) < 4.78 is 0. The SMILES string of the molecule is CCN1CCN(C(=O)Nc2nc(C(=NOC)C(=O)O)cs2)C(=O)C1=O. The minimum absolute atomic E-state index is 0.00662. The summed E-state index contributed by atoms with van der Waals surface area (Å²) in [6.45, 7) is 2.43. The number of aliphatic carboxylic acids is 1. The molecule has 0 bridgehead atoms. The van der Waals surface area contributed by atoms with E-state index in [2.05, 4.69) is 20.3 Å². The predicted octanol–water partition coefficient (Wildman–Crippen LogP) is -0.199. The topological polar surface area (TPSA) is 142 Å². The van der Waals surface area contributed by atoms with Crippen LogP contribution in [0.1, 0.15) is 12.6 Å². The van der Waals surface area contributed by atoms with Crippen LogP contribution >= 0.6 is 11.3 Å². The number of carbonyl (C=O) groups excluding carboxylic acids is 3. The van der Waals surface area contributed by atoms with Crippen LogP contribution in [0.5, 0.6) is 0 Å². The predicted molar refractivity (Wildman–Crippen MR) is 86.3 cm³/mol. The molecule has 1 fully saturated rings. The second-order valence-corrected chi connectivity index (χ2v) is 5.60. The van der Waals surface area contributed by atoms with Crippen molar-refractivity contribution in [3.63, 3.8) is 0 Å². The van der Waals surface area contributed by atoms with E-state index in [1.54, 1.807) is 6.92 Å². The molecule has 1 aromatic heterocycles. The molecule has 1 aliphatic rings. The number of hydrogen-bond donors (Lipinski definition) is 2. The van der Waals surface area contributed by atoms with Crippen LogP contribution in [0.25, 0.3) is 0 Å². The van der Waals surface area contributed by atoms with Gasteiger partial charge in [0.15, 0.2) is 5.13 Å². The van der Waals surface area contributed by atoms with Crippen molar-refractivity contribution in [2.24, 2.45) is 5.16 Å². The highest BCUT2D eigenvalue weighted by molar-refractivity contribution is 7.14. The summed E-state index contributed by atoms with van der Waals surface area (Å²) in [6, 6.07) is -0.810. The minimum atomic E-state index is -1.35. The number of carbonyl (C=O) groups is 4. The quantitative estimate of drug-likeness (QED) is 0.416. The molecule has 0 spiro atoms. The van der Waals surface area contributed by atoms with Gasteiger partial charge in [-0.1, -0.05) is 5.16 Å². The lowest BCUT2D eigenvalue weighted by Gasteiger charge is -2.31. The molecular formula is C13H15N5O6S. The number of piperazine rings is 1. The fraction of sp³-hybridized carbons (Fsp3) is 0.385. The van der Waals surface area contributed by atoms with Crippen molar-refractivity contribution < 1.29 is 29.1 Å². The van der Waals surface area contributed by atoms with E-state index in [1.165, 1.54) is 17.4 Å². The van der Waals surface area contributed by atoms with Crippen molar-refractivity contribution in [3.05, 3.63) is 11.1 Å². The molecule has 4 amide bonds. The maximum absolute atomic E-state index is 12.2. The van der Waals surface area contributed by atoms with Gasteiger partial charge in [-0.15, -0.1) is 11.3 Å². The smallest absolute Gasteiger partial charge is 0.360 e. The average Bonchev–Trinajstić information content (AvgIpc) is 3.02. The van der Waals surface area contributed by atoms with Gasteiger partial charge in [0.05, 0.1) is 0 Å². The van der Waals surface area contributed by atoms with Gasteiger partial charge >= 0.3 is 23.8 Å². The van der Waals surface area contributed by atoms with Crippen LogP contribution in [0.2, 0.25) is 0 Å². The first-order chi connectivity index (χ1) is 11.9. The molecular weight excluding hydrogens is 354 g/mol. The second-order valence-electron chi connectivity index (χ2n) is 4.74. The first-order valence-electron chi connectivity index (χ1n) is 7.11. The number of hydrogen-bond acceptors (Lipinski definition) is 8. The Labute approximate surface area is 145 Å². The van der Waals surface area contributed by atoms with Crippen molar-refractivity contribution in [1.29, 1.82) is 0 Å². The zero-order valence-electron chi connectivity index (χ0n) is 13.4. The van der Waals surface area contributed by atoms with E-state index in [0.717, 1.165) is 16.2 Å². The number of carboxylic acids is 1. The second kappa shape index (κ2) is 7.70. The third kappa shape index (κ3) is 3.91. The standard InChI is InChI=1S/C13H15N5O6S/c1-3-17-4-5-18(10(20)9(17)19)13(23)15-12-14-7(6-25-12)8(11(21)22)16-24-2/h6H,3-5H2,1-2H3,(H,21,22)(H,14,15,23). The van der Waals surface area contributed by atoms with Crippen LogP contribution in [0.15, 0.2) is 10.5 Å². The molecule has 0 saturated carbocycles. The molecule has 0 radical (unpaired) electrons. The molecule has 12 heteroatoms. The van der Waals surface area contributed by atoms with Crippen molar-refractivity contribution >= 4 is 46.0 Å². The van der Waals surface area contributed by atoms with Crippen molar-refractivity contribution in [2.45, 2.75) is 6.92 Å². The highest BCUT2D eigenvalue weighted by Gasteiger charge is 2.35. The third-order valence-electron chi connectivity index (χ3n) is 3.28. The number of thiazole rings is 1. The van der Waals surface area contributed by atoms with Crippen LogP contribution in [0.3, 0.4) is 0 Å². The summed E-state index contributed by atoms with van der Waals surface area (Å²) in [5, 5.41) is 16.2. The third-order valence-corrected chi connectivity index (χ3v) is 4.04. The maximum Gasteiger partial charge on any atom is 0.360 e. The van der Waals surface area contributed by atoms with Gasteiger partial charge in [-0.25, -0.2) is 14.6 Å². The Morgan fingerprint density at radius 3 is 2.72 bits per heavy atom. The molecule has 134 valence electrons. The fourth-order valence-corrected chi connectivity index (χ4v) is 2.74. The lowest BCUT2D eigenvalue weighted by atomic mass is 10.3. The Morgan fingerprint density at radius 2 is 2.12 bits per heavy atom. The highest BCUT2D eigenvalue weighted by Crippen LogP contribution is 2.18. The van der Waals surface area contributed by atoms with Gasteiger partial charge in [-0.05, 0) is 6.92 Å². The number of amides is 4. The lowest BCUT2D eigenvalue weighted by Crippen LogP contribution is -2.56. The summed E-state index contributed by atoms with van der Waals surface area (Å²) in [7, 11) is 1.19. The molecule has 0 atom stereocenters. The molecule has 2 rings (SSSR count). The molecule has 0 aromatic carbocycles. The van der Waals surface area contributed by atoms with Crippen molar-refractivity contribution in [2.75, 3.05) is 32.1 Å². The van der Waals surface area contributed by atoms with E-state index in [4.69, 9.17) is 5.11 Å². The largest absolute Gasteiger partial charge is 0.476 e. The van der Waals surface area contributed by atoms with Gasteiger partial charge in [0.25, 0.3) is 0 Å². The normalized spacial score (nSPS) is 15.4. The molecule has 0 aliphatic carbocycles. The molecule has 11 nitrogen and oxygen atoms in total. The summed E-state index contributed by atoms with van der Waals surface area (Å²) in [6.07, 6.45) is 0. The number of carboxylic acid groups (broad SMARTS) is 1. The van der Waals surface area contributed by atoms with Crippen molar-refractivity contribution in [1.82, 2.24) is 14.8 Å². The Hall–Kier alpha value is -3.02. The van der Waals surface area contributed by atoms with Gasteiger partial charge in [0, 0.05) is 25.0 Å².